The molecule has 0 aliphatic rings. The van der Waals surface area contributed by atoms with Gasteiger partial charge in [-0.2, -0.15) is 5.10 Å². The van der Waals surface area contributed by atoms with Gasteiger partial charge in [0.1, 0.15) is 5.75 Å². The number of amides is 1. The second kappa shape index (κ2) is 10.9. The zero-order chi connectivity index (χ0) is 19.5. The van der Waals surface area contributed by atoms with Crippen molar-refractivity contribution >= 4 is 12.1 Å². The lowest BCUT2D eigenvalue weighted by Crippen LogP contribution is -2.24. The number of aryl methyl sites for hydroxylation is 1. The second-order valence-corrected chi connectivity index (χ2v) is 5.99. The molecule has 0 heterocycles. The molecule has 0 fully saturated rings. The van der Waals surface area contributed by atoms with Gasteiger partial charge in [-0.1, -0.05) is 25.5 Å². The van der Waals surface area contributed by atoms with Gasteiger partial charge in [-0.3, -0.25) is 4.79 Å². The lowest BCUT2D eigenvalue weighted by molar-refractivity contribution is -0.123. The summed E-state index contributed by atoms with van der Waals surface area (Å²) in [6.07, 6.45) is 4.85. The van der Waals surface area contributed by atoms with Gasteiger partial charge >= 0.3 is 0 Å². The number of aromatic hydroxyl groups is 1. The van der Waals surface area contributed by atoms with Crippen LogP contribution in [0.2, 0.25) is 0 Å². The molecular formula is C21H26N2O4. The first-order chi connectivity index (χ1) is 13.1. The number of carbonyl (C=O) groups is 1. The van der Waals surface area contributed by atoms with Crippen molar-refractivity contribution in [3.05, 3.63) is 53.6 Å². The van der Waals surface area contributed by atoms with Gasteiger partial charge in [-0.15, -0.1) is 0 Å². The maximum Gasteiger partial charge on any atom is 0.277 e. The van der Waals surface area contributed by atoms with Crippen LogP contribution in [-0.2, 0) is 11.2 Å². The highest BCUT2D eigenvalue weighted by atomic mass is 16.5. The number of hydrazone groups is 1. The minimum Gasteiger partial charge on any atom is -0.504 e. The summed E-state index contributed by atoms with van der Waals surface area (Å²) in [7, 11) is 0. The van der Waals surface area contributed by atoms with E-state index in [2.05, 4.69) is 17.5 Å². The van der Waals surface area contributed by atoms with Gasteiger partial charge in [0.05, 0.1) is 12.8 Å². The Balaban J connectivity index is 1.79. The number of nitrogens with zero attached hydrogens (tertiary/aromatic N) is 1. The maximum atomic E-state index is 11.8. The van der Waals surface area contributed by atoms with E-state index in [1.54, 1.807) is 12.1 Å². The highest BCUT2D eigenvalue weighted by molar-refractivity contribution is 5.83. The number of carbonyl (C=O) groups excluding carboxylic acids is 1. The molecule has 0 spiro atoms. The monoisotopic (exact) mass is 370 g/mol. The summed E-state index contributed by atoms with van der Waals surface area (Å²) in [5, 5.41) is 13.6. The first-order valence-corrected chi connectivity index (χ1v) is 9.11. The summed E-state index contributed by atoms with van der Waals surface area (Å²) in [5.41, 5.74) is 4.37. The predicted octanol–water partition coefficient (Wildman–Crippen LogP) is 3.66. The van der Waals surface area contributed by atoms with Gasteiger partial charge in [0.25, 0.3) is 5.91 Å². The fourth-order valence-electron chi connectivity index (χ4n) is 2.38. The van der Waals surface area contributed by atoms with Gasteiger partial charge in [0, 0.05) is 0 Å². The van der Waals surface area contributed by atoms with Crippen molar-refractivity contribution in [3.63, 3.8) is 0 Å². The van der Waals surface area contributed by atoms with E-state index in [1.165, 1.54) is 17.8 Å². The van der Waals surface area contributed by atoms with Crippen molar-refractivity contribution < 1.29 is 19.4 Å². The molecule has 6 heteroatoms. The number of hydrogen-bond donors (Lipinski definition) is 2. The van der Waals surface area contributed by atoms with Crippen molar-refractivity contribution in [3.8, 4) is 17.2 Å². The Labute approximate surface area is 159 Å². The molecule has 2 aromatic carbocycles. The maximum absolute atomic E-state index is 11.8. The highest BCUT2D eigenvalue weighted by Crippen LogP contribution is 2.26. The van der Waals surface area contributed by atoms with Crippen LogP contribution in [0.25, 0.3) is 0 Å². The van der Waals surface area contributed by atoms with Crippen molar-refractivity contribution in [2.45, 2.75) is 33.1 Å². The average Bonchev–Trinajstić information content (AvgIpc) is 2.68. The molecule has 0 radical (unpaired) electrons. The molecule has 2 aromatic rings. The highest BCUT2D eigenvalue weighted by Gasteiger charge is 2.04. The fourth-order valence-corrected chi connectivity index (χ4v) is 2.38. The molecule has 0 aliphatic carbocycles. The summed E-state index contributed by atoms with van der Waals surface area (Å²) in [4.78, 5) is 11.8. The first-order valence-electron chi connectivity index (χ1n) is 9.11. The predicted molar refractivity (Wildman–Crippen MR) is 106 cm³/mol. The van der Waals surface area contributed by atoms with Gasteiger partial charge in [0.2, 0.25) is 0 Å². The molecule has 6 nitrogen and oxygen atoms in total. The zero-order valence-corrected chi connectivity index (χ0v) is 15.8. The van der Waals surface area contributed by atoms with E-state index < -0.39 is 0 Å². The molecule has 0 atom stereocenters. The normalized spacial score (nSPS) is 10.7. The number of phenols is 1. The van der Waals surface area contributed by atoms with Crippen molar-refractivity contribution in [1.82, 2.24) is 5.43 Å². The number of nitrogens with one attached hydrogen (secondary N) is 1. The van der Waals surface area contributed by atoms with E-state index >= 15 is 0 Å². The summed E-state index contributed by atoms with van der Waals surface area (Å²) < 4.78 is 10.8. The molecule has 144 valence electrons. The third-order valence-electron chi connectivity index (χ3n) is 3.80. The average molecular weight is 370 g/mol. The Morgan fingerprint density at radius 2 is 1.93 bits per heavy atom. The molecule has 27 heavy (non-hydrogen) atoms. The minimum atomic E-state index is -0.356. The smallest absolute Gasteiger partial charge is 0.277 e. The Bertz CT molecular complexity index is 757. The number of unbranched alkanes of at least 4 members (excludes halogenated alkanes) is 1. The summed E-state index contributed by atoms with van der Waals surface area (Å²) in [6.45, 7) is 4.32. The summed E-state index contributed by atoms with van der Waals surface area (Å²) in [5.74, 6) is 0.727. The largest absolute Gasteiger partial charge is 0.504 e. The quantitative estimate of drug-likeness (QED) is 0.494. The number of rotatable bonds is 10. The Hall–Kier alpha value is -3.02. The van der Waals surface area contributed by atoms with E-state index in [9.17, 15) is 9.90 Å². The lowest BCUT2D eigenvalue weighted by atomic mass is 10.1. The van der Waals surface area contributed by atoms with Crippen LogP contribution in [0.15, 0.2) is 47.6 Å². The molecule has 0 aliphatic heterocycles. The van der Waals surface area contributed by atoms with Crippen LogP contribution in [0.3, 0.4) is 0 Å². The van der Waals surface area contributed by atoms with Crippen LogP contribution in [-0.4, -0.2) is 30.4 Å². The Morgan fingerprint density at radius 1 is 1.15 bits per heavy atom. The van der Waals surface area contributed by atoms with E-state index in [0.717, 1.165) is 19.3 Å². The number of phenolic OH excluding ortho intramolecular Hbond substituents is 1. The minimum absolute atomic E-state index is 0.0622. The summed E-state index contributed by atoms with van der Waals surface area (Å²) in [6, 6.07) is 12.6. The molecule has 1 amide bonds. The standard InChI is InChI=1S/C21H26N2O4/c1-3-5-6-16-7-10-18(11-8-16)27-15-21(25)23-22-14-17-9-12-19(24)20(13-17)26-4-2/h7-14,24H,3-6,15H2,1-2H3,(H,23,25)/b22-14-. The third-order valence-corrected chi connectivity index (χ3v) is 3.80. The summed E-state index contributed by atoms with van der Waals surface area (Å²) >= 11 is 0. The molecule has 2 rings (SSSR count). The fraction of sp³-hybridized carbons (Fsp3) is 0.333. The van der Waals surface area contributed by atoms with Crippen LogP contribution in [0.5, 0.6) is 17.2 Å². The van der Waals surface area contributed by atoms with E-state index in [4.69, 9.17) is 9.47 Å². The van der Waals surface area contributed by atoms with Crippen LogP contribution in [0.4, 0.5) is 0 Å². The van der Waals surface area contributed by atoms with Crippen LogP contribution in [0.1, 0.15) is 37.8 Å². The van der Waals surface area contributed by atoms with Gasteiger partial charge < -0.3 is 14.6 Å². The van der Waals surface area contributed by atoms with Crippen molar-refractivity contribution in [2.24, 2.45) is 5.10 Å². The SMILES string of the molecule is CCCCc1ccc(OCC(=O)N/N=C\c2ccc(O)c(OCC)c2)cc1. The second-order valence-electron chi connectivity index (χ2n) is 5.99. The Kier molecular flexibility index (Phi) is 8.16. The molecule has 0 saturated carbocycles. The van der Waals surface area contributed by atoms with E-state index in [0.29, 0.717) is 23.7 Å². The van der Waals surface area contributed by atoms with Crippen LogP contribution >= 0.6 is 0 Å². The van der Waals surface area contributed by atoms with Crippen LogP contribution < -0.4 is 14.9 Å². The van der Waals surface area contributed by atoms with Gasteiger partial charge in [-0.05, 0) is 61.2 Å². The first kappa shape index (κ1) is 20.3. The van der Waals surface area contributed by atoms with E-state index in [-0.39, 0.29) is 18.3 Å². The molecule has 2 N–H and O–H groups in total. The molecule has 0 aromatic heterocycles. The molecular weight excluding hydrogens is 344 g/mol. The Morgan fingerprint density at radius 3 is 2.63 bits per heavy atom. The van der Waals surface area contributed by atoms with Gasteiger partial charge in [-0.25, -0.2) is 5.43 Å². The number of ether oxygens (including phenoxy) is 2. The van der Waals surface area contributed by atoms with E-state index in [1.807, 2.05) is 31.2 Å². The molecule has 0 bridgehead atoms. The molecule has 0 unspecified atom stereocenters. The van der Waals surface area contributed by atoms with Crippen molar-refractivity contribution in [1.29, 1.82) is 0 Å². The van der Waals surface area contributed by atoms with Gasteiger partial charge in [0.15, 0.2) is 18.1 Å². The van der Waals surface area contributed by atoms with Crippen molar-refractivity contribution in [2.75, 3.05) is 13.2 Å². The topological polar surface area (TPSA) is 80.2 Å². The molecule has 0 saturated heterocycles. The number of hydrogen-bond acceptors (Lipinski definition) is 5. The third kappa shape index (κ3) is 7.01. The zero-order valence-electron chi connectivity index (χ0n) is 15.8. The van der Waals surface area contributed by atoms with Crippen LogP contribution in [0, 0.1) is 0 Å². The number of benzene rings is 2. The lowest BCUT2D eigenvalue weighted by Gasteiger charge is -2.07.